The van der Waals surface area contributed by atoms with Gasteiger partial charge in [0.05, 0.1) is 6.04 Å². The van der Waals surface area contributed by atoms with Crippen molar-refractivity contribution < 1.29 is 23.5 Å². The first kappa shape index (κ1) is 25.9. The van der Waals surface area contributed by atoms with Gasteiger partial charge in [-0.15, -0.1) is 11.3 Å². The number of amides is 2. The molecule has 0 unspecified atom stereocenters. The zero-order valence-corrected chi connectivity index (χ0v) is 21.4. The van der Waals surface area contributed by atoms with Crippen molar-refractivity contribution in [3.63, 3.8) is 0 Å². The van der Waals surface area contributed by atoms with E-state index in [1.54, 1.807) is 46.4 Å². The van der Waals surface area contributed by atoms with E-state index in [1.807, 2.05) is 36.6 Å². The Bertz CT molecular complexity index is 1200. The van der Waals surface area contributed by atoms with Crippen molar-refractivity contribution in [2.75, 3.05) is 40.0 Å². The van der Waals surface area contributed by atoms with Gasteiger partial charge in [0, 0.05) is 43.3 Å². The van der Waals surface area contributed by atoms with Gasteiger partial charge in [-0.05, 0) is 60.5 Å². The third-order valence-corrected chi connectivity index (χ3v) is 7.38. The minimum atomic E-state index is -0.373. The van der Waals surface area contributed by atoms with E-state index in [0.717, 1.165) is 17.5 Å². The molecule has 1 aliphatic heterocycles. The molecule has 3 aromatic rings. The summed E-state index contributed by atoms with van der Waals surface area (Å²) in [5, 5.41) is 2.02. The zero-order valence-electron chi connectivity index (χ0n) is 20.6. The maximum absolute atomic E-state index is 13.7. The van der Waals surface area contributed by atoms with Crippen molar-refractivity contribution in [2.45, 2.75) is 25.8 Å². The number of benzene rings is 2. The summed E-state index contributed by atoms with van der Waals surface area (Å²) in [5.74, 6) is -0.264. The lowest BCUT2D eigenvalue weighted by molar-refractivity contribution is -0.135. The lowest BCUT2D eigenvalue weighted by Gasteiger charge is -2.37. The molecule has 36 heavy (non-hydrogen) atoms. The van der Waals surface area contributed by atoms with Gasteiger partial charge in [-0.3, -0.25) is 9.59 Å². The molecule has 1 aliphatic rings. The first-order valence-corrected chi connectivity index (χ1v) is 12.9. The maximum atomic E-state index is 13.7. The van der Waals surface area contributed by atoms with Crippen molar-refractivity contribution in [2.24, 2.45) is 0 Å². The van der Waals surface area contributed by atoms with Crippen LogP contribution in [0.15, 0.2) is 60.0 Å². The van der Waals surface area contributed by atoms with E-state index < -0.39 is 0 Å². The van der Waals surface area contributed by atoms with Crippen molar-refractivity contribution >= 4 is 23.2 Å². The summed E-state index contributed by atoms with van der Waals surface area (Å²) < 4.78 is 24.8. The molecule has 0 bridgehead atoms. The molecule has 0 saturated heterocycles. The fourth-order valence-corrected chi connectivity index (χ4v) is 5.42. The number of carbonyl (C=O) groups is 2. The van der Waals surface area contributed by atoms with E-state index in [9.17, 15) is 14.0 Å². The second-order valence-corrected chi connectivity index (χ2v) is 9.81. The van der Waals surface area contributed by atoms with E-state index in [0.29, 0.717) is 37.4 Å². The molecule has 0 radical (unpaired) electrons. The second kappa shape index (κ2) is 12.1. The summed E-state index contributed by atoms with van der Waals surface area (Å²) in [6, 6.07) is 15.1. The SMILES string of the molecule is COCCCN(CC(=O)N1CCc2sccc2[C@@H]1COc1cccc(F)c1)C(=O)c1ccccc1C. The summed E-state index contributed by atoms with van der Waals surface area (Å²) in [7, 11) is 1.62. The highest BCUT2D eigenvalue weighted by Crippen LogP contribution is 2.34. The van der Waals surface area contributed by atoms with Crippen LogP contribution in [0.4, 0.5) is 4.39 Å². The molecule has 2 heterocycles. The number of ether oxygens (including phenoxy) is 2. The Morgan fingerprint density at radius 3 is 2.78 bits per heavy atom. The maximum Gasteiger partial charge on any atom is 0.254 e. The van der Waals surface area contributed by atoms with Crippen LogP contribution < -0.4 is 4.74 Å². The van der Waals surface area contributed by atoms with Gasteiger partial charge >= 0.3 is 0 Å². The number of hydrogen-bond donors (Lipinski definition) is 0. The fraction of sp³-hybridized carbons (Fsp3) is 0.357. The van der Waals surface area contributed by atoms with E-state index in [4.69, 9.17) is 9.47 Å². The van der Waals surface area contributed by atoms with Crippen LogP contribution in [0.1, 0.15) is 38.8 Å². The molecule has 0 aliphatic carbocycles. The molecule has 2 amide bonds. The van der Waals surface area contributed by atoms with Crippen molar-refractivity contribution in [3.05, 3.63) is 87.4 Å². The Labute approximate surface area is 215 Å². The monoisotopic (exact) mass is 510 g/mol. The topological polar surface area (TPSA) is 59.1 Å². The standard InChI is InChI=1S/C28H31FN2O4S/c1-20-7-3-4-10-23(20)28(33)30(13-6-15-34-2)18-27(32)31-14-11-26-24(12-16-36-26)25(31)19-35-22-9-5-8-21(29)17-22/h3-5,7-10,12,16-17,25H,6,11,13-15,18-19H2,1-2H3/t25-/m0/s1. The van der Waals surface area contributed by atoms with Crippen LogP contribution in [0.25, 0.3) is 0 Å². The predicted molar refractivity (Wildman–Crippen MR) is 138 cm³/mol. The third kappa shape index (κ3) is 6.12. The molecule has 0 N–H and O–H groups in total. The Balaban J connectivity index is 1.53. The van der Waals surface area contributed by atoms with E-state index in [2.05, 4.69) is 0 Å². The number of carbonyl (C=O) groups excluding carboxylic acids is 2. The number of methoxy groups -OCH3 is 1. The Morgan fingerprint density at radius 1 is 1.17 bits per heavy atom. The minimum Gasteiger partial charge on any atom is -0.491 e. The average Bonchev–Trinajstić information content (AvgIpc) is 3.36. The molecule has 8 heteroatoms. The molecule has 1 atom stereocenters. The summed E-state index contributed by atoms with van der Waals surface area (Å²) in [6.07, 6.45) is 1.38. The predicted octanol–water partition coefficient (Wildman–Crippen LogP) is 4.88. The van der Waals surface area contributed by atoms with Crippen molar-refractivity contribution in [3.8, 4) is 5.75 Å². The van der Waals surface area contributed by atoms with Gasteiger partial charge in [0.15, 0.2) is 0 Å². The van der Waals surface area contributed by atoms with Crippen LogP contribution in [0.2, 0.25) is 0 Å². The van der Waals surface area contributed by atoms with Gasteiger partial charge in [0.1, 0.15) is 24.7 Å². The molecule has 190 valence electrons. The lowest BCUT2D eigenvalue weighted by atomic mass is 10.00. The second-order valence-electron chi connectivity index (χ2n) is 8.81. The van der Waals surface area contributed by atoms with Gasteiger partial charge < -0.3 is 19.3 Å². The largest absolute Gasteiger partial charge is 0.491 e. The molecule has 4 rings (SSSR count). The highest BCUT2D eigenvalue weighted by Gasteiger charge is 2.33. The molecule has 0 saturated carbocycles. The van der Waals surface area contributed by atoms with Crippen LogP contribution in [0, 0.1) is 12.7 Å². The molecule has 2 aromatic carbocycles. The number of hydrogen-bond acceptors (Lipinski definition) is 5. The Morgan fingerprint density at radius 2 is 2.00 bits per heavy atom. The molecular formula is C28H31FN2O4S. The first-order chi connectivity index (χ1) is 17.5. The highest BCUT2D eigenvalue weighted by molar-refractivity contribution is 7.10. The average molecular weight is 511 g/mol. The van der Waals surface area contributed by atoms with Gasteiger partial charge in [0.25, 0.3) is 5.91 Å². The van der Waals surface area contributed by atoms with Gasteiger partial charge in [-0.25, -0.2) is 4.39 Å². The van der Waals surface area contributed by atoms with E-state index in [1.165, 1.54) is 17.0 Å². The summed E-state index contributed by atoms with van der Waals surface area (Å²) in [6.45, 7) is 3.51. The number of thiophene rings is 1. The van der Waals surface area contributed by atoms with Crippen LogP contribution in [0.3, 0.4) is 0 Å². The number of aryl methyl sites for hydroxylation is 1. The lowest BCUT2D eigenvalue weighted by Crippen LogP contribution is -2.48. The van der Waals surface area contributed by atoms with Crippen LogP contribution >= 0.6 is 11.3 Å². The zero-order chi connectivity index (χ0) is 25.5. The first-order valence-electron chi connectivity index (χ1n) is 12.1. The molecule has 0 fully saturated rings. The van der Waals surface area contributed by atoms with Crippen LogP contribution in [-0.2, 0) is 16.0 Å². The Hall–Kier alpha value is -3.23. The molecule has 1 aromatic heterocycles. The van der Waals surface area contributed by atoms with Gasteiger partial charge in [-0.1, -0.05) is 24.3 Å². The fourth-order valence-electron chi connectivity index (χ4n) is 4.50. The summed E-state index contributed by atoms with van der Waals surface area (Å²) in [5.41, 5.74) is 2.51. The quantitative estimate of drug-likeness (QED) is 0.365. The molecule has 0 spiro atoms. The smallest absolute Gasteiger partial charge is 0.254 e. The molecular weight excluding hydrogens is 479 g/mol. The third-order valence-electron chi connectivity index (χ3n) is 6.38. The number of halogens is 1. The minimum absolute atomic E-state index is 0.0349. The van der Waals surface area contributed by atoms with Crippen molar-refractivity contribution in [1.29, 1.82) is 0 Å². The highest BCUT2D eigenvalue weighted by atomic mass is 32.1. The summed E-state index contributed by atoms with van der Waals surface area (Å²) >= 11 is 1.67. The number of nitrogens with zero attached hydrogens (tertiary/aromatic N) is 2. The molecule has 6 nitrogen and oxygen atoms in total. The number of fused-ring (bicyclic) bond motifs is 1. The summed E-state index contributed by atoms with van der Waals surface area (Å²) in [4.78, 5) is 31.7. The van der Waals surface area contributed by atoms with Gasteiger partial charge in [-0.2, -0.15) is 0 Å². The van der Waals surface area contributed by atoms with Crippen LogP contribution in [0.5, 0.6) is 5.75 Å². The Kier molecular flexibility index (Phi) is 8.72. The van der Waals surface area contributed by atoms with E-state index >= 15 is 0 Å². The van der Waals surface area contributed by atoms with Gasteiger partial charge in [0.2, 0.25) is 5.91 Å². The van der Waals surface area contributed by atoms with Crippen molar-refractivity contribution in [1.82, 2.24) is 9.80 Å². The van der Waals surface area contributed by atoms with E-state index in [-0.39, 0.29) is 36.8 Å². The van der Waals surface area contributed by atoms with Crippen LogP contribution in [-0.4, -0.2) is 61.6 Å². The number of rotatable bonds is 10. The normalized spacial score (nSPS) is 14.9.